The lowest BCUT2D eigenvalue weighted by atomic mass is 9.99. The van der Waals surface area contributed by atoms with Crippen LogP contribution in [0.1, 0.15) is 98.3 Å². The van der Waals surface area contributed by atoms with E-state index in [0.29, 0.717) is 12.3 Å². The van der Waals surface area contributed by atoms with E-state index in [1.54, 1.807) is 55.4 Å². The topological polar surface area (TPSA) is 184 Å². The van der Waals surface area contributed by atoms with E-state index in [-0.39, 0.29) is 37.8 Å². The molecule has 0 saturated carbocycles. The molecule has 13 nitrogen and oxygen atoms in total. The summed E-state index contributed by atoms with van der Waals surface area (Å²) in [5.41, 5.74) is 0.683. The fourth-order valence-electron chi connectivity index (χ4n) is 5.94. The summed E-state index contributed by atoms with van der Waals surface area (Å²) in [6.07, 6.45) is 0.221. The van der Waals surface area contributed by atoms with Crippen molar-refractivity contribution in [1.29, 1.82) is 0 Å². The lowest BCUT2D eigenvalue weighted by Crippen LogP contribution is -2.60. The Labute approximate surface area is 352 Å². The van der Waals surface area contributed by atoms with Crippen LogP contribution in [0.4, 0.5) is 13.6 Å². The number of carbonyl (C=O) groups excluding carboxylic acids is 5. The molecule has 0 saturated heterocycles. The first-order chi connectivity index (χ1) is 27.5. The molecular formula is C43H65F2N5O8S. The number of nitrogens with one attached hydrogen (secondary N) is 5. The number of aliphatic hydroxyl groups is 1. The number of hydrogen-bond acceptors (Lipinski definition) is 10. The molecule has 2 rings (SSSR count). The quantitative estimate of drug-likeness (QED) is 0.0873. The number of carbonyl (C=O) groups is 5. The van der Waals surface area contributed by atoms with E-state index in [4.69, 9.17) is 9.47 Å². The van der Waals surface area contributed by atoms with Crippen molar-refractivity contribution in [2.24, 2.45) is 5.92 Å². The molecule has 16 heteroatoms. The Morgan fingerprint density at radius 2 is 1.36 bits per heavy atom. The zero-order chi connectivity index (χ0) is 44.5. The molecule has 6 N–H and O–H groups in total. The van der Waals surface area contributed by atoms with Gasteiger partial charge < -0.3 is 41.2 Å². The van der Waals surface area contributed by atoms with Gasteiger partial charge in [-0.25, -0.2) is 13.6 Å². The van der Waals surface area contributed by atoms with Crippen LogP contribution in [0.3, 0.4) is 0 Å². The molecule has 59 heavy (non-hydrogen) atoms. The molecule has 0 fully saturated rings. The van der Waals surface area contributed by atoms with Crippen molar-refractivity contribution in [3.05, 3.63) is 70.8 Å². The van der Waals surface area contributed by atoms with Crippen LogP contribution in [0.25, 0.3) is 0 Å². The number of esters is 1. The third-order valence-electron chi connectivity index (χ3n) is 8.81. The van der Waals surface area contributed by atoms with Gasteiger partial charge in [0, 0.05) is 25.6 Å². The molecule has 330 valence electrons. The van der Waals surface area contributed by atoms with E-state index in [9.17, 15) is 37.9 Å². The number of halogens is 2. The smallest absolute Gasteiger partial charge is 0.408 e. The van der Waals surface area contributed by atoms with Crippen LogP contribution < -0.4 is 26.6 Å². The second kappa shape index (κ2) is 24.1. The lowest BCUT2D eigenvalue weighted by molar-refractivity contribution is -0.155. The van der Waals surface area contributed by atoms with Crippen LogP contribution in [0.5, 0.6) is 0 Å². The summed E-state index contributed by atoms with van der Waals surface area (Å²) >= 11 is 1.43. The van der Waals surface area contributed by atoms with Crippen LogP contribution in [-0.4, -0.2) is 94.9 Å². The van der Waals surface area contributed by atoms with Gasteiger partial charge in [-0.3, -0.25) is 19.2 Å². The Bertz CT molecular complexity index is 1680. The molecule has 0 aliphatic carbocycles. The maximum Gasteiger partial charge on any atom is 0.408 e. The minimum absolute atomic E-state index is 0.0226. The molecule has 5 unspecified atom stereocenters. The highest BCUT2D eigenvalue weighted by atomic mass is 32.2. The van der Waals surface area contributed by atoms with Gasteiger partial charge in [0.1, 0.15) is 41.0 Å². The van der Waals surface area contributed by atoms with E-state index in [2.05, 4.69) is 26.6 Å². The van der Waals surface area contributed by atoms with Crippen molar-refractivity contribution in [3.63, 3.8) is 0 Å². The zero-order valence-electron chi connectivity index (χ0n) is 36.1. The third kappa shape index (κ3) is 20.0. The second-order valence-electron chi connectivity index (χ2n) is 16.9. The van der Waals surface area contributed by atoms with Crippen molar-refractivity contribution < 1.29 is 47.3 Å². The molecule has 0 aliphatic heterocycles. The highest BCUT2D eigenvalue weighted by molar-refractivity contribution is 7.98. The van der Waals surface area contributed by atoms with E-state index in [1.165, 1.54) is 11.8 Å². The number of thioether (sulfide) groups is 1. The fourth-order valence-corrected chi connectivity index (χ4v) is 6.42. The number of benzene rings is 2. The Hall–Kier alpha value is -4.28. The predicted octanol–water partition coefficient (Wildman–Crippen LogP) is 5.10. The number of rotatable bonds is 22. The summed E-state index contributed by atoms with van der Waals surface area (Å²) in [6, 6.07) is 6.28. The molecule has 0 heterocycles. The highest BCUT2D eigenvalue weighted by Gasteiger charge is 2.34. The molecule has 5 atom stereocenters. The molecule has 0 aliphatic rings. The summed E-state index contributed by atoms with van der Waals surface area (Å²) in [5, 5.41) is 25.3. The van der Waals surface area contributed by atoms with Gasteiger partial charge >= 0.3 is 12.1 Å². The first kappa shape index (κ1) is 50.9. The predicted molar refractivity (Wildman–Crippen MR) is 225 cm³/mol. The van der Waals surface area contributed by atoms with Gasteiger partial charge in [-0.15, -0.1) is 0 Å². The summed E-state index contributed by atoms with van der Waals surface area (Å²) in [6.45, 7) is 15.9. The number of amides is 4. The molecule has 0 radical (unpaired) electrons. The van der Waals surface area contributed by atoms with Gasteiger partial charge in [0.05, 0.1) is 12.1 Å². The van der Waals surface area contributed by atoms with Crippen molar-refractivity contribution in [1.82, 2.24) is 26.6 Å². The Kier molecular flexibility index (Phi) is 20.8. The fraction of sp³-hybridized carbons (Fsp3) is 0.605. The average molecular weight is 850 g/mol. The largest absolute Gasteiger partial charge is 0.460 e. The van der Waals surface area contributed by atoms with Crippen molar-refractivity contribution in [3.8, 4) is 0 Å². The molecule has 4 amide bonds. The third-order valence-corrected chi connectivity index (χ3v) is 9.45. The summed E-state index contributed by atoms with van der Waals surface area (Å²) in [4.78, 5) is 66.9. The molecule has 0 bridgehead atoms. The van der Waals surface area contributed by atoms with Gasteiger partial charge in [0.25, 0.3) is 0 Å². The summed E-state index contributed by atoms with van der Waals surface area (Å²) in [7, 11) is 0. The van der Waals surface area contributed by atoms with E-state index < -0.39 is 88.8 Å². The maximum absolute atomic E-state index is 14.2. The molecular weight excluding hydrogens is 785 g/mol. The van der Waals surface area contributed by atoms with Gasteiger partial charge in [-0.2, -0.15) is 11.8 Å². The number of ether oxygens (including phenoxy) is 2. The number of aryl methyl sites for hydroxylation is 1. The molecule has 2 aromatic rings. The van der Waals surface area contributed by atoms with Gasteiger partial charge in [-0.05, 0) is 114 Å². The Morgan fingerprint density at radius 1 is 0.763 bits per heavy atom. The Morgan fingerprint density at radius 3 is 1.93 bits per heavy atom. The first-order valence-electron chi connectivity index (χ1n) is 20.0. The Balaban J connectivity index is 2.30. The molecule has 0 aromatic heterocycles. The average Bonchev–Trinajstić information content (AvgIpc) is 3.11. The van der Waals surface area contributed by atoms with Crippen molar-refractivity contribution in [2.45, 2.75) is 142 Å². The second-order valence-corrected chi connectivity index (χ2v) is 17.9. The lowest BCUT2D eigenvalue weighted by Gasteiger charge is -2.30. The molecule has 0 spiro atoms. The normalized spacial score (nSPS) is 14.3. The summed E-state index contributed by atoms with van der Waals surface area (Å²) in [5.74, 6) is -4.38. The van der Waals surface area contributed by atoms with Crippen LogP contribution in [0, 0.1) is 17.6 Å². The van der Waals surface area contributed by atoms with E-state index >= 15 is 0 Å². The maximum atomic E-state index is 14.2. The minimum atomic E-state index is -1.29. The number of aliphatic hydroxyl groups excluding tert-OH is 1. The van der Waals surface area contributed by atoms with Crippen LogP contribution in [-0.2, 0) is 48.0 Å². The van der Waals surface area contributed by atoms with Gasteiger partial charge in [-0.1, -0.05) is 45.0 Å². The van der Waals surface area contributed by atoms with Crippen molar-refractivity contribution in [2.75, 3.05) is 18.6 Å². The van der Waals surface area contributed by atoms with E-state index in [1.807, 2.05) is 37.4 Å². The van der Waals surface area contributed by atoms with Crippen LogP contribution in [0.2, 0.25) is 0 Å². The number of hydrogen-bond donors (Lipinski definition) is 6. The number of alkyl carbamates (subject to hydrolysis) is 1. The zero-order valence-corrected chi connectivity index (χ0v) is 36.9. The SMILES string of the molecule is CCc1cccc(CNCC(O)C(Cc2cc(F)cc(F)c2)NC(=O)C(CCSC)NC(=O)C(NC(=O)C(CCC(=O)OC(C)(C)C)NC(=O)OC(C)(C)C)C(C)C)c1. The summed E-state index contributed by atoms with van der Waals surface area (Å²) < 4.78 is 39.2. The van der Waals surface area contributed by atoms with Gasteiger partial charge in [0.15, 0.2) is 0 Å². The first-order valence-corrected chi connectivity index (χ1v) is 21.4. The molecule has 2 aromatic carbocycles. The van der Waals surface area contributed by atoms with Gasteiger partial charge in [0.2, 0.25) is 17.7 Å². The minimum Gasteiger partial charge on any atom is -0.460 e. The highest BCUT2D eigenvalue weighted by Crippen LogP contribution is 2.16. The van der Waals surface area contributed by atoms with Crippen LogP contribution in [0.15, 0.2) is 42.5 Å². The monoisotopic (exact) mass is 849 g/mol. The van der Waals surface area contributed by atoms with Crippen molar-refractivity contribution >= 4 is 41.5 Å². The van der Waals surface area contributed by atoms with Crippen LogP contribution >= 0.6 is 11.8 Å². The van der Waals surface area contributed by atoms with E-state index in [0.717, 1.165) is 35.7 Å². The standard InChI is InChI=1S/C43H65F2N5O8S/c1-11-27-13-12-14-28(19-27)24-46-25-35(51)34(22-29-20-30(44)23-31(45)21-29)48-38(53)33(17-18-59-10)47-40(55)37(26(2)3)50-39(54)32(49-41(56)58-43(7,8)9)15-16-36(52)57-42(4,5)6/h12-14,19-21,23,26,32-35,37,46,51H,11,15-18,22,24-25H2,1-10H3,(H,47,55)(H,48,53)(H,49,56)(H,50,54).